The second-order valence-electron chi connectivity index (χ2n) is 6.24. The van der Waals surface area contributed by atoms with E-state index in [4.69, 9.17) is 18.0 Å². The summed E-state index contributed by atoms with van der Waals surface area (Å²) >= 11 is 5.20. The van der Waals surface area contributed by atoms with Gasteiger partial charge in [0.15, 0.2) is 0 Å². The lowest BCUT2D eigenvalue weighted by Crippen LogP contribution is -2.57. The van der Waals surface area contributed by atoms with E-state index in [0.717, 1.165) is 51.9 Å². The van der Waals surface area contributed by atoms with Gasteiger partial charge in [-0.1, -0.05) is 25.6 Å². The quantitative estimate of drug-likeness (QED) is 0.679. The predicted molar refractivity (Wildman–Crippen MR) is 89.3 cm³/mol. The number of thiocarbonyl (C=S) groups is 1. The number of amides is 1. The first-order valence-corrected chi connectivity index (χ1v) is 8.51. The zero-order chi connectivity index (χ0) is 15.4. The molecule has 1 amide bonds. The van der Waals surface area contributed by atoms with Gasteiger partial charge >= 0.3 is 0 Å². The highest BCUT2D eigenvalue weighted by atomic mass is 32.1. The standard InChI is InChI=1S/C15H28N4OS/c1-3-4-13(14(16)21)19-9-7-18(8-10-19)11(2)15(20)17-12-5-6-12/h11-13H,3-10H2,1-2H3,(H2,16,21)(H,17,20). The summed E-state index contributed by atoms with van der Waals surface area (Å²) < 4.78 is 0. The van der Waals surface area contributed by atoms with Crippen LogP contribution < -0.4 is 11.1 Å². The molecule has 0 radical (unpaired) electrons. The Bertz CT molecular complexity index is 378. The molecule has 0 spiro atoms. The maximum atomic E-state index is 12.1. The van der Waals surface area contributed by atoms with E-state index in [9.17, 15) is 4.79 Å². The fourth-order valence-corrected chi connectivity index (χ4v) is 3.20. The summed E-state index contributed by atoms with van der Waals surface area (Å²) in [6, 6.07) is 0.606. The molecule has 1 saturated carbocycles. The lowest BCUT2D eigenvalue weighted by molar-refractivity contribution is -0.126. The molecule has 2 aliphatic rings. The van der Waals surface area contributed by atoms with Gasteiger partial charge in [-0.2, -0.15) is 0 Å². The van der Waals surface area contributed by atoms with Crippen LogP contribution in [0, 0.1) is 0 Å². The first kappa shape index (κ1) is 16.6. The highest BCUT2D eigenvalue weighted by Crippen LogP contribution is 2.19. The van der Waals surface area contributed by atoms with Crippen molar-refractivity contribution in [2.45, 2.75) is 57.7 Å². The lowest BCUT2D eigenvalue weighted by Gasteiger charge is -2.40. The third-order valence-electron chi connectivity index (χ3n) is 4.53. The first-order chi connectivity index (χ1) is 10.0. The zero-order valence-electron chi connectivity index (χ0n) is 13.2. The molecule has 1 aliphatic carbocycles. The minimum Gasteiger partial charge on any atom is -0.392 e. The molecule has 120 valence electrons. The molecule has 5 nitrogen and oxygen atoms in total. The fraction of sp³-hybridized carbons (Fsp3) is 0.867. The largest absolute Gasteiger partial charge is 0.392 e. The van der Waals surface area contributed by atoms with Crippen LogP contribution in [0.25, 0.3) is 0 Å². The average molecular weight is 312 g/mol. The summed E-state index contributed by atoms with van der Waals surface area (Å²) in [4.78, 5) is 17.3. The highest BCUT2D eigenvalue weighted by molar-refractivity contribution is 7.80. The van der Waals surface area contributed by atoms with Crippen LogP contribution in [0.5, 0.6) is 0 Å². The van der Waals surface area contributed by atoms with Crippen LogP contribution in [-0.2, 0) is 4.79 Å². The molecular formula is C15H28N4OS. The van der Waals surface area contributed by atoms with Crippen molar-refractivity contribution < 1.29 is 4.79 Å². The van der Waals surface area contributed by atoms with Gasteiger partial charge < -0.3 is 11.1 Å². The Morgan fingerprint density at radius 3 is 2.33 bits per heavy atom. The van der Waals surface area contributed by atoms with Crippen molar-refractivity contribution in [1.82, 2.24) is 15.1 Å². The van der Waals surface area contributed by atoms with Crippen LogP contribution in [-0.4, -0.2) is 65.0 Å². The number of rotatable bonds is 7. The van der Waals surface area contributed by atoms with E-state index >= 15 is 0 Å². The molecule has 2 unspecified atom stereocenters. The van der Waals surface area contributed by atoms with E-state index in [-0.39, 0.29) is 18.0 Å². The van der Waals surface area contributed by atoms with Crippen molar-refractivity contribution >= 4 is 23.1 Å². The second-order valence-corrected chi connectivity index (χ2v) is 6.71. The molecule has 2 atom stereocenters. The van der Waals surface area contributed by atoms with Crippen LogP contribution in [0.4, 0.5) is 0 Å². The summed E-state index contributed by atoms with van der Waals surface area (Å²) in [5.41, 5.74) is 5.87. The molecule has 2 fully saturated rings. The Kier molecular flexibility index (Phi) is 5.96. The molecule has 21 heavy (non-hydrogen) atoms. The number of hydrogen-bond acceptors (Lipinski definition) is 4. The second kappa shape index (κ2) is 7.51. The smallest absolute Gasteiger partial charge is 0.237 e. The molecule has 0 aromatic rings. The van der Waals surface area contributed by atoms with Gasteiger partial charge in [0.1, 0.15) is 0 Å². The zero-order valence-corrected chi connectivity index (χ0v) is 14.0. The number of piperazine rings is 1. The molecule has 0 aromatic heterocycles. The Morgan fingerprint density at radius 1 is 1.29 bits per heavy atom. The van der Waals surface area contributed by atoms with Gasteiger partial charge in [-0.3, -0.25) is 14.6 Å². The third kappa shape index (κ3) is 4.63. The Morgan fingerprint density at radius 2 is 1.86 bits per heavy atom. The van der Waals surface area contributed by atoms with Gasteiger partial charge in [0.2, 0.25) is 5.91 Å². The number of carbonyl (C=O) groups is 1. The Hall–Kier alpha value is -0.720. The predicted octanol–water partition coefficient (Wildman–Crippen LogP) is 0.726. The van der Waals surface area contributed by atoms with E-state index in [1.54, 1.807) is 0 Å². The maximum Gasteiger partial charge on any atom is 0.237 e. The number of carbonyl (C=O) groups excluding carboxylic acids is 1. The van der Waals surface area contributed by atoms with E-state index in [0.29, 0.717) is 11.0 Å². The van der Waals surface area contributed by atoms with Gasteiger partial charge in [-0.15, -0.1) is 0 Å². The van der Waals surface area contributed by atoms with Crippen LogP contribution in [0.2, 0.25) is 0 Å². The Labute approximate surface area is 133 Å². The fourth-order valence-electron chi connectivity index (χ4n) is 2.93. The molecule has 2 rings (SSSR count). The normalized spacial score (nSPS) is 23.5. The summed E-state index contributed by atoms with van der Waals surface area (Å²) in [6.45, 7) is 7.84. The van der Waals surface area contributed by atoms with Gasteiger partial charge in [0.25, 0.3) is 0 Å². The average Bonchev–Trinajstić information content (AvgIpc) is 3.27. The summed E-state index contributed by atoms with van der Waals surface area (Å²) in [7, 11) is 0. The molecule has 0 bridgehead atoms. The van der Waals surface area contributed by atoms with Crippen LogP contribution in [0.15, 0.2) is 0 Å². The van der Waals surface area contributed by atoms with Crippen molar-refractivity contribution in [2.75, 3.05) is 26.2 Å². The molecule has 1 aliphatic heterocycles. The Balaban J connectivity index is 1.81. The van der Waals surface area contributed by atoms with Crippen LogP contribution >= 0.6 is 12.2 Å². The highest BCUT2D eigenvalue weighted by Gasteiger charge is 2.31. The lowest BCUT2D eigenvalue weighted by atomic mass is 10.1. The van der Waals surface area contributed by atoms with E-state index in [1.165, 1.54) is 0 Å². The van der Waals surface area contributed by atoms with Crippen molar-refractivity contribution in [3.05, 3.63) is 0 Å². The van der Waals surface area contributed by atoms with Gasteiger partial charge in [-0.05, 0) is 26.2 Å². The number of nitrogens with two attached hydrogens (primary N) is 1. The number of nitrogens with zero attached hydrogens (tertiary/aromatic N) is 2. The minimum absolute atomic E-state index is 0.0396. The molecule has 3 N–H and O–H groups in total. The van der Waals surface area contributed by atoms with Crippen LogP contribution in [0.3, 0.4) is 0 Å². The van der Waals surface area contributed by atoms with Crippen molar-refractivity contribution in [3.63, 3.8) is 0 Å². The molecule has 6 heteroatoms. The van der Waals surface area contributed by atoms with E-state index in [1.807, 2.05) is 6.92 Å². The minimum atomic E-state index is -0.0396. The topological polar surface area (TPSA) is 61.6 Å². The molecule has 0 aromatic carbocycles. The van der Waals surface area contributed by atoms with Crippen molar-refractivity contribution in [1.29, 1.82) is 0 Å². The van der Waals surface area contributed by atoms with Crippen molar-refractivity contribution in [2.24, 2.45) is 5.73 Å². The first-order valence-electron chi connectivity index (χ1n) is 8.10. The van der Waals surface area contributed by atoms with Crippen molar-refractivity contribution in [3.8, 4) is 0 Å². The number of hydrogen-bond donors (Lipinski definition) is 2. The third-order valence-corrected chi connectivity index (χ3v) is 4.80. The van der Waals surface area contributed by atoms with E-state index < -0.39 is 0 Å². The summed E-state index contributed by atoms with van der Waals surface area (Å²) in [5, 5.41) is 3.09. The maximum absolute atomic E-state index is 12.1. The summed E-state index contributed by atoms with van der Waals surface area (Å²) in [5.74, 6) is 0.172. The van der Waals surface area contributed by atoms with Crippen LogP contribution in [0.1, 0.15) is 39.5 Å². The van der Waals surface area contributed by atoms with E-state index in [2.05, 4.69) is 22.0 Å². The van der Waals surface area contributed by atoms with Gasteiger partial charge in [-0.25, -0.2) is 0 Å². The number of nitrogens with one attached hydrogen (secondary N) is 1. The van der Waals surface area contributed by atoms with Gasteiger partial charge in [0, 0.05) is 32.2 Å². The molecule has 1 saturated heterocycles. The monoisotopic (exact) mass is 312 g/mol. The van der Waals surface area contributed by atoms with Gasteiger partial charge in [0.05, 0.1) is 17.1 Å². The summed E-state index contributed by atoms with van der Waals surface area (Å²) in [6.07, 6.45) is 4.38. The SMILES string of the molecule is CCCC(C(N)=S)N1CCN(C(C)C(=O)NC2CC2)CC1. The molecular weight excluding hydrogens is 284 g/mol. The molecule has 1 heterocycles.